The first-order chi connectivity index (χ1) is 34.3. The van der Waals surface area contributed by atoms with E-state index in [1.165, 1.54) is 30.3 Å². The average Bonchev–Trinajstić information content (AvgIpc) is 3.43. The van der Waals surface area contributed by atoms with E-state index in [1.54, 1.807) is 55.1 Å². The zero-order chi connectivity index (χ0) is 47.6. The minimum atomic E-state index is -0.571. The van der Waals surface area contributed by atoms with Gasteiger partial charge in [-0.25, -0.2) is 9.97 Å². The third kappa shape index (κ3) is 8.51. The number of pyridine rings is 6. The number of nitrogens with zero attached hydrogens (tertiary/aromatic N) is 6. The standard InChI is InChI=1S/C58H36N8O4/c67-55-42-25-20-37(57(69)63-40-21-16-35(17-22-40)38-31-50(46-12-1-5-26-59-46)65-51(32-38)47-13-2-6-27-60-47)30-45(42)56(68)54-43(55)10-9-11-44(54)58(70)64-41-23-18-36(19-24-41)39-33-52(48-14-3-7-28-61-48)66-53(34-39)49-15-4-8-29-62-49/h1-34H,(H,63,69)(H,64,70). The summed E-state index contributed by atoms with van der Waals surface area (Å²) in [5, 5.41) is 5.82. The molecule has 70 heavy (non-hydrogen) atoms. The van der Waals surface area contributed by atoms with E-state index in [0.717, 1.165) is 33.6 Å². The first-order valence-electron chi connectivity index (χ1n) is 22.2. The highest BCUT2D eigenvalue weighted by Gasteiger charge is 2.34. The lowest BCUT2D eigenvalue weighted by atomic mass is 9.81. The third-order valence-electron chi connectivity index (χ3n) is 11.9. The van der Waals surface area contributed by atoms with Gasteiger partial charge in [-0.2, -0.15) is 0 Å². The van der Waals surface area contributed by atoms with Crippen LogP contribution in [0.3, 0.4) is 0 Å². The molecule has 6 heterocycles. The van der Waals surface area contributed by atoms with E-state index in [0.29, 0.717) is 45.5 Å². The Labute approximate surface area is 400 Å². The van der Waals surface area contributed by atoms with Gasteiger partial charge in [-0.05, 0) is 144 Å². The molecule has 4 aromatic carbocycles. The van der Waals surface area contributed by atoms with Crippen LogP contribution >= 0.6 is 0 Å². The molecule has 0 radical (unpaired) electrons. The van der Waals surface area contributed by atoms with Gasteiger partial charge >= 0.3 is 0 Å². The molecule has 1 aliphatic carbocycles. The van der Waals surface area contributed by atoms with E-state index in [1.807, 2.05) is 121 Å². The summed E-state index contributed by atoms with van der Waals surface area (Å²) in [6.45, 7) is 0. The van der Waals surface area contributed by atoms with Crippen LogP contribution in [-0.4, -0.2) is 53.3 Å². The number of anilines is 2. The zero-order valence-corrected chi connectivity index (χ0v) is 36.9. The molecule has 0 unspecified atom stereocenters. The van der Waals surface area contributed by atoms with E-state index >= 15 is 0 Å². The second-order valence-corrected chi connectivity index (χ2v) is 16.3. The molecule has 6 aromatic heterocycles. The van der Waals surface area contributed by atoms with Crippen molar-refractivity contribution in [3.8, 4) is 67.8 Å². The Hall–Kier alpha value is -9.94. The number of aromatic nitrogens is 6. The fraction of sp³-hybridized carbons (Fsp3) is 0. The molecule has 0 spiro atoms. The van der Waals surface area contributed by atoms with Crippen molar-refractivity contribution in [1.29, 1.82) is 0 Å². The predicted octanol–water partition coefficient (Wildman–Crippen LogP) is 11.3. The predicted molar refractivity (Wildman–Crippen MR) is 268 cm³/mol. The van der Waals surface area contributed by atoms with Crippen molar-refractivity contribution in [1.82, 2.24) is 29.9 Å². The van der Waals surface area contributed by atoms with E-state index in [4.69, 9.17) is 9.97 Å². The number of fused-ring (bicyclic) bond motifs is 2. The SMILES string of the molecule is O=C(Nc1ccc(-c2cc(-c3ccccn3)nc(-c3ccccn3)c2)cc1)c1ccc2c(c1)C(=O)c1c(C(=O)Nc3ccc(-c4cc(-c5ccccn5)nc(-c5ccccn5)c4)cc3)cccc1C2=O. The lowest BCUT2D eigenvalue weighted by molar-refractivity contribution is 0.0967. The Kier molecular flexibility index (Phi) is 11.2. The molecule has 2 N–H and O–H groups in total. The van der Waals surface area contributed by atoms with Crippen LogP contribution in [0.4, 0.5) is 11.4 Å². The van der Waals surface area contributed by atoms with Gasteiger partial charge in [-0.15, -0.1) is 0 Å². The van der Waals surface area contributed by atoms with Crippen LogP contribution in [0.5, 0.6) is 0 Å². The summed E-state index contributed by atoms with van der Waals surface area (Å²) in [6, 6.07) is 54.1. The van der Waals surface area contributed by atoms with Crippen molar-refractivity contribution in [2.24, 2.45) is 0 Å². The number of benzene rings is 4. The topological polar surface area (TPSA) is 170 Å². The number of hydrogen-bond acceptors (Lipinski definition) is 10. The number of hydrogen-bond donors (Lipinski definition) is 2. The van der Waals surface area contributed by atoms with Gasteiger partial charge in [0.1, 0.15) is 0 Å². The van der Waals surface area contributed by atoms with E-state index in [-0.39, 0.29) is 33.4 Å². The van der Waals surface area contributed by atoms with Gasteiger partial charge in [0, 0.05) is 64.0 Å². The highest BCUT2D eigenvalue weighted by atomic mass is 16.2. The number of carbonyl (C=O) groups is 4. The molecule has 2 amide bonds. The molecular weight excluding hydrogens is 873 g/mol. The number of amides is 2. The minimum absolute atomic E-state index is 0.0303. The summed E-state index contributed by atoms with van der Waals surface area (Å²) in [7, 11) is 0. The Bertz CT molecular complexity index is 3530. The Morgan fingerprint density at radius 2 is 0.786 bits per heavy atom. The van der Waals surface area contributed by atoms with Gasteiger partial charge in [0.2, 0.25) is 0 Å². The van der Waals surface area contributed by atoms with Gasteiger partial charge < -0.3 is 10.6 Å². The maximum Gasteiger partial charge on any atom is 0.256 e. The van der Waals surface area contributed by atoms with Crippen LogP contribution in [0, 0.1) is 0 Å². The third-order valence-corrected chi connectivity index (χ3v) is 11.9. The highest BCUT2D eigenvalue weighted by Crippen LogP contribution is 2.34. The van der Waals surface area contributed by atoms with E-state index < -0.39 is 23.4 Å². The van der Waals surface area contributed by atoms with Crippen LogP contribution in [0.25, 0.3) is 67.8 Å². The van der Waals surface area contributed by atoms with Gasteiger partial charge in [0.15, 0.2) is 11.6 Å². The summed E-state index contributed by atoms with van der Waals surface area (Å²) >= 11 is 0. The maximum absolute atomic E-state index is 14.3. The molecule has 332 valence electrons. The normalized spacial score (nSPS) is 11.6. The van der Waals surface area contributed by atoms with Crippen molar-refractivity contribution in [3.05, 3.63) is 240 Å². The molecule has 0 bridgehead atoms. The molecule has 11 rings (SSSR count). The molecule has 1 aliphatic rings. The lowest BCUT2D eigenvalue weighted by Crippen LogP contribution is -2.26. The first-order valence-corrected chi connectivity index (χ1v) is 22.2. The Morgan fingerprint density at radius 1 is 0.343 bits per heavy atom. The zero-order valence-electron chi connectivity index (χ0n) is 36.9. The van der Waals surface area contributed by atoms with E-state index in [9.17, 15) is 19.2 Å². The molecule has 0 aliphatic heterocycles. The molecule has 12 heteroatoms. The molecule has 12 nitrogen and oxygen atoms in total. The van der Waals surface area contributed by atoms with Crippen LogP contribution in [0.1, 0.15) is 52.6 Å². The number of carbonyl (C=O) groups excluding carboxylic acids is 4. The summed E-state index contributed by atoms with van der Waals surface area (Å²) in [5.41, 5.74) is 10.5. The summed E-state index contributed by atoms with van der Waals surface area (Å²) < 4.78 is 0. The second kappa shape index (κ2) is 18.4. The molecule has 0 fully saturated rings. The lowest BCUT2D eigenvalue weighted by Gasteiger charge is -2.20. The Morgan fingerprint density at radius 3 is 1.21 bits per heavy atom. The smallest absolute Gasteiger partial charge is 0.256 e. The van der Waals surface area contributed by atoms with Crippen LogP contribution in [0.15, 0.2) is 207 Å². The first kappa shape index (κ1) is 42.7. The fourth-order valence-corrected chi connectivity index (χ4v) is 8.40. The molecule has 0 atom stereocenters. The average molecular weight is 909 g/mol. The van der Waals surface area contributed by atoms with Crippen molar-refractivity contribution >= 4 is 34.8 Å². The van der Waals surface area contributed by atoms with Crippen LogP contribution in [-0.2, 0) is 0 Å². The minimum Gasteiger partial charge on any atom is -0.322 e. The molecule has 10 aromatic rings. The van der Waals surface area contributed by atoms with E-state index in [2.05, 4.69) is 30.6 Å². The van der Waals surface area contributed by atoms with Crippen molar-refractivity contribution in [3.63, 3.8) is 0 Å². The second-order valence-electron chi connectivity index (χ2n) is 16.3. The summed E-state index contributed by atoms with van der Waals surface area (Å²) in [6.07, 6.45) is 6.88. The fourth-order valence-electron chi connectivity index (χ4n) is 8.40. The van der Waals surface area contributed by atoms with Gasteiger partial charge in [0.25, 0.3) is 11.8 Å². The van der Waals surface area contributed by atoms with Crippen molar-refractivity contribution < 1.29 is 19.2 Å². The monoisotopic (exact) mass is 908 g/mol. The van der Waals surface area contributed by atoms with Crippen molar-refractivity contribution in [2.45, 2.75) is 0 Å². The van der Waals surface area contributed by atoms with Gasteiger partial charge in [-0.1, -0.05) is 60.7 Å². The summed E-state index contributed by atoms with van der Waals surface area (Å²) in [4.78, 5) is 83.7. The molecule has 0 saturated carbocycles. The number of rotatable bonds is 10. The van der Waals surface area contributed by atoms with Gasteiger partial charge in [-0.3, -0.25) is 39.1 Å². The molecular formula is C58H36N8O4. The highest BCUT2D eigenvalue weighted by molar-refractivity contribution is 6.31. The summed E-state index contributed by atoms with van der Waals surface area (Å²) in [5.74, 6) is -2.02. The van der Waals surface area contributed by atoms with Crippen LogP contribution < -0.4 is 10.6 Å². The molecule has 0 saturated heterocycles. The maximum atomic E-state index is 14.3. The number of ketones is 2. The quantitative estimate of drug-likeness (QED) is 0.135. The van der Waals surface area contributed by atoms with Crippen LogP contribution in [0.2, 0.25) is 0 Å². The largest absolute Gasteiger partial charge is 0.322 e. The Balaban J connectivity index is 0.816. The van der Waals surface area contributed by atoms with Gasteiger partial charge in [0.05, 0.1) is 51.1 Å². The number of nitrogens with one attached hydrogen (secondary N) is 2. The van der Waals surface area contributed by atoms with Crippen molar-refractivity contribution in [2.75, 3.05) is 10.6 Å².